The molecule has 0 bridgehead atoms. The maximum Gasteiger partial charge on any atom is 0.338 e. The standard InChI is InChI=1S/C23H18FN5O4/c1-14-18(24)11-16(23(31)32-2)12-19(14)25-22(30)20(13-17-9-6-10-33-17)29-21(26-27-28-29)15-7-4-3-5-8-15/h3-13H,1-2H3,(H,25,30)/b20-13-. The van der Waals surface area contributed by atoms with E-state index >= 15 is 0 Å². The number of anilines is 1. The van der Waals surface area contributed by atoms with Crippen molar-refractivity contribution in [2.45, 2.75) is 6.92 Å². The van der Waals surface area contributed by atoms with Crippen LogP contribution in [0.15, 0.2) is 65.3 Å². The molecule has 0 spiro atoms. The first-order valence-corrected chi connectivity index (χ1v) is 9.77. The molecule has 1 N–H and O–H groups in total. The quantitative estimate of drug-likeness (QED) is 0.353. The Kier molecular flexibility index (Phi) is 6.07. The summed E-state index contributed by atoms with van der Waals surface area (Å²) in [5, 5.41) is 14.4. The first-order valence-electron chi connectivity index (χ1n) is 9.77. The van der Waals surface area contributed by atoms with Gasteiger partial charge in [0.25, 0.3) is 5.91 Å². The smallest absolute Gasteiger partial charge is 0.338 e. The molecule has 10 heteroatoms. The summed E-state index contributed by atoms with van der Waals surface area (Å²) in [6.07, 6.45) is 2.91. The van der Waals surface area contributed by atoms with Crippen LogP contribution in [-0.2, 0) is 9.53 Å². The fourth-order valence-electron chi connectivity index (χ4n) is 3.08. The van der Waals surface area contributed by atoms with Crippen molar-refractivity contribution < 1.29 is 23.1 Å². The molecule has 2 aromatic heterocycles. The average Bonchev–Trinajstić information content (AvgIpc) is 3.52. The number of methoxy groups -OCH3 is 1. The minimum Gasteiger partial charge on any atom is -0.465 e. The topological polar surface area (TPSA) is 112 Å². The molecule has 0 saturated carbocycles. The summed E-state index contributed by atoms with van der Waals surface area (Å²) in [7, 11) is 1.19. The van der Waals surface area contributed by atoms with Crippen LogP contribution in [0.25, 0.3) is 23.2 Å². The fourth-order valence-corrected chi connectivity index (χ4v) is 3.08. The second-order valence-electron chi connectivity index (χ2n) is 6.90. The van der Waals surface area contributed by atoms with Crippen LogP contribution in [-0.4, -0.2) is 39.2 Å². The van der Waals surface area contributed by atoms with Gasteiger partial charge in [-0.1, -0.05) is 30.3 Å². The molecule has 2 heterocycles. The molecule has 33 heavy (non-hydrogen) atoms. The van der Waals surface area contributed by atoms with Gasteiger partial charge in [0.05, 0.1) is 18.9 Å². The highest BCUT2D eigenvalue weighted by Crippen LogP contribution is 2.25. The molecule has 0 radical (unpaired) electrons. The molecule has 0 unspecified atom stereocenters. The molecule has 9 nitrogen and oxygen atoms in total. The van der Waals surface area contributed by atoms with Crippen molar-refractivity contribution in [3.8, 4) is 11.4 Å². The summed E-state index contributed by atoms with van der Waals surface area (Å²) >= 11 is 0. The third-order valence-corrected chi connectivity index (χ3v) is 4.80. The number of ether oxygens (including phenoxy) is 1. The number of hydrogen-bond acceptors (Lipinski definition) is 7. The molecule has 0 aliphatic heterocycles. The highest BCUT2D eigenvalue weighted by Gasteiger charge is 2.22. The van der Waals surface area contributed by atoms with Crippen molar-refractivity contribution in [2.75, 3.05) is 12.4 Å². The lowest BCUT2D eigenvalue weighted by Crippen LogP contribution is -2.20. The van der Waals surface area contributed by atoms with Crippen LogP contribution in [0.5, 0.6) is 0 Å². The van der Waals surface area contributed by atoms with Crippen molar-refractivity contribution in [1.29, 1.82) is 0 Å². The highest BCUT2D eigenvalue weighted by atomic mass is 19.1. The third-order valence-electron chi connectivity index (χ3n) is 4.80. The molecule has 0 saturated heterocycles. The van der Waals surface area contributed by atoms with Gasteiger partial charge in [0.1, 0.15) is 17.3 Å². The van der Waals surface area contributed by atoms with Crippen molar-refractivity contribution in [3.05, 3.63) is 83.6 Å². The number of aromatic nitrogens is 4. The van der Waals surface area contributed by atoms with Crippen molar-refractivity contribution in [3.63, 3.8) is 0 Å². The molecule has 0 aliphatic rings. The summed E-state index contributed by atoms with van der Waals surface area (Å²) in [6.45, 7) is 1.48. The number of rotatable bonds is 6. The predicted octanol–water partition coefficient (Wildman–Crippen LogP) is 3.80. The Morgan fingerprint density at radius 3 is 2.64 bits per heavy atom. The Morgan fingerprint density at radius 2 is 1.94 bits per heavy atom. The fraction of sp³-hybridized carbons (Fsp3) is 0.0870. The minimum atomic E-state index is -0.734. The predicted molar refractivity (Wildman–Crippen MR) is 117 cm³/mol. The zero-order chi connectivity index (χ0) is 23.4. The van der Waals surface area contributed by atoms with Gasteiger partial charge in [0.2, 0.25) is 0 Å². The lowest BCUT2D eigenvalue weighted by Gasteiger charge is -2.13. The lowest BCUT2D eigenvalue weighted by molar-refractivity contribution is -0.111. The number of halogens is 1. The molecule has 4 aromatic rings. The maximum absolute atomic E-state index is 14.4. The van der Waals surface area contributed by atoms with Crippen molar-refractivity contribution in [2.24, 2.45) is 0 Å². The second kappa shape index (κ2) is 9.27. The lowest BCUT2D eigenvalue weighted by atomic mass is 10.1. The van der Waals surface area contributed by atoms with Crippen LogP contribution in [0, 0.1) is 12.7 Å². The number of carbonyl (C=O) groups excluding carboxylic acids is 2. The number of furan rings is 1. The number of hydrogen-bond donors (Lipinski definition) is 1. The van der Waals surface area contributed by atoms with E-state index in [-0.39, 0.29) is 22.5 Å². The van der Waals surface area contributed by atoms with E-state index in [0.29, 0.717) is 17.1 Å². The Bertz CT molecular complexity index is 1330. The first kappa shape index (κ1) is 21.6. The molecule has 166 valence electrons. The summed E-state index contributed by atoms with van der Waals surface area (Å²) < 4.78 is 25.7. The molecular formula is C23H18FN5O4. The number of carbonyl (C=O) groups is 2. The SMILES string of the molecule is COC(=O)c1cc(F)c(C)c(NC(=O)/C(=C/c2ccco2)n2nnnc2-c2ccccc2)c1. The number of benzene rings is 2. The van der Waals surface area contributed by atoms with Gasteiger partial charge >= 0.3 is 5.97 Å². The monoisotopic (exact) mass is 447 g/mol. The number of esters is 1. The Hall–Kier alpha value is -4.60. The molecule has 1 amide bonds. The van der Waals surface area contributed by atoms with E-state index in [1.54, 1.807) is 24.3 Å². The van der Waals surface area contributed by atoms with E-state index in [1.165, 1.54) is 37.1 Å². The van der Waals surface area contributed by atoms with E-state index in [4.69, 9.17) is 4.42 Å². The number of nitrogens with zero attached hydrogens (tertiary/aromatic N) is 4. The van der Waals surface area contributed by atoms with Crippen LogP contribution in [0.2, 0.25) is 0 Å². The van der Waals surface area contributed by atoms with Crippen molar-refractivity contribution in [1.82, 2.24) is 20.2 Å². The first-order chi connectivity index (χ1) is 16.0. The van der Waals surface area contributed by atoms with E-state index in [9.17, 15) is 14.0 Å². The van der Waals surface area contributed by atoms with Gasteiger partial charge in [-0.05, 0) is 41.6 Å². The normalized spacial score (nSPS) is 11.3. The molecule has 0 fully saturated rings. The van der Waals surface area contributed by atoms with Crippen LogP contribution < -0.4 is 5.32 Å². The van der Waals surface area contributed by atoms with E-state index in [2.05, 4.69) is 25.6 Å². The molecule has 4 rings (SSSR count). The average molecular weight is 447 g/mol. The van der Waals surface area contributed by atoms with Crippen LogP contribution in [0.3, 0.4) is 0 Å². The van der Waals surface area contributed by atoms with Gasteiger partial charge in [-0.15, -0.1) is 5.10 Å². The summed E-state index contributed by atoms with van der Waals surface area (Å²) in [5.41, 5.74) is 0.890. The minimum absolute atomic E-state index is 0.0112. The van der Waals surface area contributed by atoms with Gasteiger partial charge < -0.3 is 14.5 Å². The van der Waals surface area contributed by atoms with Crippen LogP contribution in [0.4, 0.5) is 10.1 Å². The van der Waals surface area contributed by atoms with Gasteiger partial charge in [-0.25, -0.2) is 9.18 Å². The third kappa shape index (κ3) is 4.54. The molecule has 0 atom stereocenters. The summed E-state index contributed by atoms with van der Waals surface area (Å²) in [4.78, 5) is 25.3. The van der Waals surface area contributed by atoms with Gasteiger partial charge in [-0.2, -0.15) is 4.68 Å². The zero-order valence-corrected chi connectivity index (χ0v) is 17.7. The molecule has 0 aliphatic carbocycles. The van der Waals surface area contributed by atoms with Crippen LogP contribution >= 0.6 is 0 Å². The summed E-state index contributed by atoms with van der Waals surface area (Å²) in [6, 6.07) is 14.8. The maximum atomic E-state index is 14.4. The highest BCUT2D eigenvalue weighted by molar-refractivity contribution is 6.24. The number of tetrazole rings is 1. The Balaban J connectivity index is 1.77. The summed E-state index contributed by atoms with van der Waals surface area (Å²) in [5.74, 6) is -1.37. The second-order valence-corrected chi connectivity index (χ2v) is 6.90. The van der Waals surface area contributed by atoms with Crippen LogP contribution in [0.1, 0.15) is 21.7 Å². The number of nitrogens with one attached hydrogen (secondary N) is 1. The Labute approximate surface area is 187 Å². The molecule has 2 aromatic carbocycles. The van der Waals surface area contributed by atoms with E-state index in [0.717, 1.165) is 6.07 Å². The van der Waals surface area contributed by atoms with Gasteiger partial charge in [0.15, 0.2) is 5.82 Å². The van der Waals surface area contributed by atoms with Crippen molar-refractivity contribution >= 4 is 29.3 Å². The zero-order valence-electron chi connectivity index (χ0n) is 17.7. The van der Waals surface area contributed by atoms with E-state index < -0.39 is 17.7 Å². The van der Waals surface area contributed by atoms with E-state index in [1.807, 2.05) is 18.2 Å². The van der Waals surface area contributed by atoms with Gasteiger partial charge in [0, 0.05) is 22.9 Å². The Morgan fingerprint density at radius 1 is 1.15 bits per heavy atom. The van der Waals surface area contributed by atoms with Gasteiger partial charge in [-0.3, -0.25) is 4.79 Å². The molecular weight excluding hydrogens is 429 g/mol. The largest absolute Gasteiger partial charge is 0.465 e. The number of amides is 1.